The van der Waals surface area contributed by atoms with Gasteiger partial charge in [0.15, 0.2) is 0 Å². The third kappa shape index (κ3) is 3.99. The topological polar surface area (TPSA) is 54.6 Å². The number of ether oxygens (including phenoxy) is 1. The Kier molecular flexibility index (Phi) is 5.40. The zero-order valence-corrected chi connectivity index (χ0v) is 16.7. The van der Waals surface area contributed by atoms with Crippen molar-refractivity contribution in [1.82, 2.24) is 15.1 Å². The van der Waals surface area contributed by atoms with Crippen LogP contribution < -0.4 is 9.64 Å². The Morgan fingerprint density at radius 3 is 2.52 bits per heavy atom. The molecule has 1 aliphatic heterocycles. The van der Waals surface area contributed by atoms with Gasteiger partial charge >= 0.3 is 0 Å². The Labute approximate surface area is 166 Å². The Morgan fingerprint density at radius 1 is 1.00 bits per heavy atom. The molecular weight excluding hydrogens is 408 g/mol. The molecule has 1 aliphatic rings. The first-order valence-corrected chi connectivity index (χ1v) is 9.71. The molecule has 1 aromatic heterocycles. The first kappa shape index (κ1) is 18.0. The minimum atomic E-state index is 0.546. The Morgan fingerprint density at radius 2 is 1.74 bits per heavy atom. The number of benzene rings is 2. The quantitative estimate of drug-likeness (QED) is 0.615. The van der Waals surface area contributed by atoms with Gasteiger partial charge in [-0.25, -0.2) is 0 Å². The van der Waals surface area contributed by atoms with Crippen LogP contribution in [0, 0.1) is 0 Å². The van der Waals surface area contributed by atoms with Gasteiger partial charge in [0.2, 0.25) is 11.8 Å². The molecule has 2 heterocycles. The van der Waals surface area contributed by atoms with Crippen molar-refractivity contribution >= 4 is 21.6 Å². The maximum absolute atomic E-state index is 5.87. The van der Waals surface area contributed by atoms with Crippen LogP contribution in [-0.2, 0) is 6.54 Å². The van der Waals surface area contributed by atoms with E-state index in [0.717, 1.165) is 47.7 Å². The van der Waals surface area contributed by atoms with E-state index in [1.54, 1.807) is 7.11 Å². The molecule has 0 spiro atoms. The molecule has 3 aromatic rings. The summed E-state index contributed by atoms with van der Waals surface area (Å²) in [5, 5.41) is 8.42. The summed E-state index contributed by atoms with van der Waals surface area (Å²) in [6.45, 7) is 4.41. The summed E-state index contributed by atoms with van der Waals surface area (Å²) in [5.41, 5.74) is 2.06. The predicted molar refractivity (Wildman–Crippen MR) is 108 cm³/mol. The number of halogens is 1. The van der Waals surface area contributed by atoms with Crippen LogP contribution in [0.25, 0.3) is 11.5 Å². The smallest absolute Gasteiger partial charge is 0.248 e. The monoisotopic (exact) mass is 428 g/mol. The number of nitrogens with zero attached hydrogens (tertiary/aromatic N) is 4. The summed E-state index contributed by atoms with van der Waals surface area (Å²) < 4.78 is 12.3. The molecular formula is C20H21BrN4O2. The van der Waals surface area contributed by atoms with Gasteiger partial charge in [-0.1, -0.05) is 24.3 Å². The van der Waals surface area contributed by atoms with Crippen molar-refractivity contribution in [2.45, 2.75) is 6.54 Å². The minimum Gasteiger partial charge on any atom is -0.495 e. The fourth-order valence-electron chi connectivity index (χ4n) is 3.29. The fourth-order valence-corrected chi connectivity index (χ4v) is 3.74. The fraction of sp³-hybridized carbons (Fsp3) is 0.300. The van der Waals surface area contributed by atoms with Crippen molar-refractivity contribution < 1.29 is 9.15 Å². The molecule has 0 N–H and O–H groups in total. The van der Waals surface area contributed by atoms with Gasteiger partial charge in [0.25, 0.3) is 0 Å². The van der Waals surface area contributed by atoms with Gasteiger partial charge in [0, 0.05) is 30.7 Å². The van der Waals surface area contributed by atoms with Gasteiger partial charge in [-0.05, 0) is 40.2 Å². The second-order valence-corrected chi connectivity index (χ2v) is 7.27. The van der Waals surface area contributed by atoms with E-state index >= 15 is 0 Å². The molecule has 0 amide bonds. The van der Waals surface area contributed by atoms with Crippen LogP contribution in [-0.4, -0.2) is 48.4 Å². The maximum atomic E-state index is 5.87. The van der Waals surface area contributed by atoms with E-state index in [2.05, 4.69) is 42.0 Å². The van der Waals surface area contributed by atoms with Crippen molar-refractivity contribution in [2.24, 2.45) is 0 Å². The zero-order chi connectivity index (χ0) is 18.6. The molecule has 4 rings (SSSR count). The van der Waals surface area contributed by atoms with E-state index in [4.69, 9.17) is 9.15 Å². The molecule has 7 heteroatoms. The lowest BCUT2D eigenvalue weighted by Gasteiger charge is -2.35. The largest absolute Gasteiger partial charge is 0.495 e. The Balaban J connectivity index is 1.38. The first-order valence-electron chi connectivity index (χ1n) is 8.92. The average molecular weight is 429 g/mol. The Hall–Kier alpha value is -2.38. The van der Waals surface area contributed by atoms with E-state index in [-0.39, 0.29) is 0 Å². The third-order valence-corrected chi connectivity index (χ3v) is 5.42. The number of para-hydroxylation sites is 2. The third-order valence-electron chi connectivity index (χ3n) is 4.73. The second-order valence-electron chi connectivity index (χ2n) is 6.42. The molecule has 0 aliphatic carbocycles. The van der Waals surface area contributed by atoms with Crippen molar-refractivity contribution in [3.63, 3.8) is 0 Å². The summed E-state index contributed by atoms with van der Waals surface area (Å²) in [5.74, 6) is 2.11. The van der Waals surface area contributed by atoms with Gasteiger partial charge in [0.05, 0.1) is 24.9 Å². The number of anilines is 1. The highest BCUT2D eigenvalue weighted by molar-refractivity contribution is 9.10. The van der Waals surface area contributed by atoms with E-state index in [9.17, 15) is 0 Å². The van der Waals surface area contributed by atoms with Gasteiger partial charge in [0.1, 0.15) is 5.75 Å². The molecule has 0 radical (unpaired) electrons. The molecule has 1 saturated heterocycles. The maximum Gasteiger partial charge on any atom is 0.248 e. The number of rotatable bonds is 5. The highest BCUT2D eigenvalue weighted by Gasteiger charge is 2.21. The average Bonchev–Trinajstić information content (AvgIpc) is 3.17. The predicted octanol–water partition coefficient (Wildman–Crippen LogP) is 3.83. The number of methoxy groups -OCH3 is 1. The lowest BCUT2D eigenvalue weighted by Crippen LogP contribution is -2.46. The van der Waals surface area contributed by atoms with Crippen LogP contribution in [0.15, 0.2) is 57.4 Å². The number of hydrogen-bond donors (Lipinski definition) is 0. The van der Waals surface area contributed by atoms with Crippen molar-refractivity contribution in [3.05, 3.63) is 58.9 Å². The van der Waals surface area contributed by atoms with Crippen LogP contribution in [0.5, 0.6) is 5.75 Å². The molecule has 0 saturated carbocycles. The van der Waals surface area contributed by atoms with Crippen LogP contribution in [0.1, 0.15) is 5.89 Å². The number of aromatic nitrogens is 2. The van der Waals surface area contributed by atoms with Crippen LogP contribution >= 0.6 is 15.9 Å². The molecule has 2 aromatic carbocycles. The van der Waals surface area contributed by atoms with Crippen molar-refractivity contribution in [2.75, 3.05) is 38.2 Å². The minimum absolute atomic E-state index is 0.546. The Bertz CT molecular complexity index is 906. The summed E-state index contributed by atoms with van der Waals surface area (Å²) in [4.78, 5) is 4.69. The first-order chi connectivity index (χ1) is 13.2. The molecule has 1 fully saturated rings. The number of piperazine rings is 1. The van der Waals surface area contributed by atoms with Gasteiger partial charge in [-0.15, -0.1) is 10.2 Å². The molecule has 27 heavy (non-hydrogen) atoms. The summed E-state index contributed by atoms with van der Waals surface area (Å²) in [6, 6.07) is 16.0. The molecule has 140 valence electrons. The lowest BCUT2D eigenvalue weighted by molar-refractivity contribution is 0.226. The molecule has 6 nitrogen and oxygen atoms in total. The lowest BCUT2D eigenvalue weighted by atomic mass is 10.2. The highest BCUT2D eigenvalue weighted by Crippen LogP contribution is 2.29. The van der Waals surface area contributed by atoms with E-state index in [1.165, 1.54) is 0 Å². The normalized spacial score (nSPS) is 15.1. The molecule has 0 bridgehead atoms. The van der Waals surface area contributed by atoms with E-state index in [0.29, 0.717) is 18.3 Å². The summed E-state index contributed by atoms with van der Waals surface area (Å²) >= 11 is 3.53. The van der Waals surface area contributed by atoms with Gasteiger partial charge in [-0.2, -0.15) is 0 Å². The second kappa shape index (κ2) is 8.10. The summed E-state index contributed by atoms with van der Waals surface area (Å²) in [7, 11) is 1.72. The molecule has 0 atom stereocenters. The van der Waals surface area contributed by atoms with E-state index < -0.39 is 0 Å². The van der Waals surface area contributed by atoms with Gasteiger partial charge < -0.3 is 14.1 Å². The van der Waals surface area contributed by atoms with Gasteiger partial charge in [-0.3, -0.25) is 4.90 Å². The van der Waals surface area contributed by atoms with Crippen LogP contribution in [0.2, 0.25) is 0 Å². The number of hydrogen-bond acceptors (Lipinski definition) is 6. The van der Waals surface area contributed by atoms with E-state index in [1.807, 2.05) is 42.5 Å². The van der Waals surface area contributed by atoms with Crippen molar-refractivity contribution in [3.8, 4) is 17.2 Å². The summed E-state index contributed by atoms with van der Waals surface area (Å²) in [6.07, 6.45) is 0. The highest BCUT2D eigenvalue weighted by atomic mass is 79.9. The van der Waals surface area contributed by atoms with Crippen LogP contribution in [0.4, 0.5) is 5.69 Å². The zero-order valence-electron chi connectivity index (χ0n) is 15.1. The standard InChI is InChI=1S/C20H21BrN4O2/c1-26-18-9-5-4-8-17(18)25-12-10-24(11-13-25)14-19-22-23-20(27-19)15-6-2-3-7-16(15)21/h2-9H,10-14H2,1H3. The SMILES string of the molecule is COc1ccccc1N1CCN(Cc2nnc(-c3ccccc3Br)o2)CC1. The molecule has 0 unspecified atom stereocenters. The van der Waals surface area contributed by atoms with Crippen molar-refractivity contribution in [1.29, 1.82) is 0 Å². The van der Waals surface area contributed by atoms with Crippen LogP contribution in [0.3, 0.4) is 0 Å².